The SMILES string of the molecule is CC(C)(C)c1ccc(N2c3ccc(C(C)(C)C)cc3B3c4cc(C(C)(C)C)ccc4C(C)(C)c4cc(-c5cccc6c5CC6)cc2c43)cc1. The van der Waals surface area contributed by atoms with Gasteiger partial charge in [0.05, 0.1) is 0 Å². The van der Waals surface area contributed by atoms with Crippen LogP contribution in [0.2, 0.25) is 0 Å². The van der Waals surface area contributed by atoms with Gasteiger partial charge in [0.15, 0.2) is 0 Å². The molecule has 0 spiro atoms. The molecule has 248 valence electrons. The Hall–Kier alpha value is -4.04. The Balaban J connectivity index is 1.48. The molecule has 1 nitrogen and oxygen atoms in total. The summed E-state index contributed by atoms with van der Waals surface area (Å²) in [6.07, 6.45) is 2.35. The molecule has 2 heteroatoms. The van der Waals surface area contributed by atoms with E-state index in [1.807, 2.05) is 0 Å². The van der Waals surface area contributed by atoms with Gasteiger partial charge in [-0.2, -0.15) is 0 Å². The third kappa shape index (κ3) is 4.96. The zero-order valence-electron chi connectivity index (χ0n) is 31.6. The lowest BCUT2D eigenvalue weighted by Crippen LogP contribution is -2.64. The molecule has 0 unspecified atom stereocenters. The van der Waals surface area contributed by atoms with Crippen molar-refractivity contribution >= 4 is 40.2 Å². The molecule has 5 aromatic carbocycles. The fraction of sp³-hybridized carbons (Fsp3) is 0.362. The molecule has 0 amide bonds. The number of benzene rings is 5. The maximum absolute atomic E-state index is 2.59. The van der Waals surface area contributed by atoms with Crippen LogP contribution in [0.25, 0.3) is 11.1 Å². The molecule has 49 heavy (non-hydrogen) atoms. The van der Waals surface area contributed by atoms with Crippen molar-refractivity contribution < 1.29 is 0 Å². The molecule has 0 saturated carbocycles. The van der Waals surface area contributed by atoms with Crippen LogP contribution >= 0.6 is 0 Å². The minimum Gasteiger partial charge on any atom is -0.311 e. The van der Waals surface area contributed by atoms with Crippen molar-refractivity contribution in [1.82, 2.24) is 0 Å². The topological polar surface area (TPSA) is 3.24 Å². The van der Waals surface area contributed by atoms with Gasteiger partial charge in [0.2, 0.25) is 6.71 Å². The second-order valence-electron chi connectivity index (χ2n) is 18.7. The number of hydrogen-bond donors (Lipinski definition) is 0. The first kappa shape index (κ1) is 32.2. The summed E-state index contributed by atoms with van der Waals surface area (Å²) >= 11 is 0. The van der Waals surface area contributed by atoms with E-state index in [1.54, 1.807) is 0 Å². The predicted molar refractivity (Wildman–Crippen MR) is 213 cm³/mol. The Bertz CT molecular complexity index is 2140. The summed E-state index contributed by atoms with van der Waals surface area (Å²) < 4.78 is 0. The van der Waals surface area contributed by atoms with Crippen LogP contribution in [-0.4, -0.2) is 6.71 Å². The van der Waals surface area contributed by atoms with E-state index in [2.05, 4.69) is 172 Å². The molecular formula is C47H52BN. The molecule has 2 aliphatic heterocycles. The molecule has 2 heterocycles. The van der Waals surface area contributed by atoms with Gasteiger partial charge in [-0.15, -0.1) is 0 Å². The highest BCUT2D eigenvalue weighted by atomic mass is 15.2. The summed E-state index contributed by atoms with van der Waals surface area (Å²) in [6.45, 7) is 26.1. The fourth-order valence-corrected chi connectivity index (χ4v) is 8.75. The van der Waals surface area contributed by atoms with Crippen LogP contribution in [0.15, 0.2) is 91.0 Å². The van der Waals surface area contributed by atoms with Crippen LogP contribution in [0.4, 0.5) is 17.1 Å². The van der Waals surface area contributed by atoms with E-state index >= 15 is 0 Å². The van der Waals surface area contributed by atoms with Gasteiger partial charge >= 0.3 is 0 Å². The van der Waals surface area contributed by atoms with Crippen molar-refractivity contribution in [3.8, 4) is 11.1 Å². The van der Waals surface area contributed by atoms with Gasteiger partial charge in [0.1, 0.15) is 0 Å². The summed E-state index contributed by atoms with van der Waals surface area (Å²) in [5, 5.41) is 0. The summed E-state index contributed by atoms with van der Waals surface area (Å²) in [5.41, 5.74) is 21.1. The molecule has 5 aromatic rings. The monoisotopic (exact) mass is 641 g/mol. The molecule has 8 rings (SSSR count). The maximum Gasteiger partial charge on any atom is 0.247 e. The molecule has 0 saturated heterocycles. The number of anilines is 3. The van der Waals surface area contributed by atoms with E-state index in [4.69, 9.17) is 0 Å². The highest BCUT2D eigenvalue weighted by molar-refractivity contribution is 6.99. The third-order valence-corrected chi connectivity index (χ3v) is 11.9. The summed E-state index contributed by atoms with van der Waals surface area (Å²) in [4.78, 5) is 2.59. The standard InChI is InChI=1S/C47H52BN/c1-44(2,3)31-16-20-34(21-17-31)49-41-24-19-33(46(7,8)9)28-40(41)48-39-27-32(45(4,5)6)18-23-37(39)47(10,11)38-25-30(26-42(49)43(38)48)35-14-12-13-29-15-22-36(29)35/h12-14,16-21,23-28H,15,22H2,1-11H3. The summed E-state index contributed by atoms with van der Waals surface area (Å²) in [6, 6.07) is 36.2. The first-order chi connectivity index (χ1) is 22.9. The van der Waals surface area contributed by atoms with Crippen molar-refractivity contribution in [1.29, 1.82) is 0 Å². The smallest absolute Gasteiger partial charge is 0.247 e. The molecule has 0 aromatic heterocycles. The minimum atomic E-state index is -0.162. The van der Waals surface area contributed by atoms with E-state index in [0.717, 1.165) is 0 Å². The first-order valence-electron chi connectivity index (χ1n) is 18.4. The van der Waals surface area contributed by atoms with Crippen LogP contribution in [0.3, 0.4) is 0 Å². The zero-order valence-corrected chi connectivity index (χ0v) is 31.6. The highest BCUT2D eigenvalue weighted by Crippen LogP contribution is 2.46. The van der Waals surface area contributed by atoms with E-state index in [9.17, 15) is 0 Å². The van der Waals surface area contributed by atoms with Crippen molar-refractivity contribution in [3.63, 3.8) is 0 Å². The minimum absolute atomic E-state index is 0.0420. The Kier molecular flexibility index (Phi) is 6.89. The molecule has 3 aliphatic rings. The third-order valence-electron chi connectivity index (χ3n) is 11.9. The number of rotatable bonds is 2. The van der Waals surface area contributed by atoms with Gasteiger partial charge in [-0.3, -0.25) is 0 Å². The average molecular weight is 642 g/mol. The van der Waals surface area contributed by atoms with Gasteiger partial charge in [-0.05, 0) is 114 Å². The van der Waals surface area contributed by atoms with Crippen LogP contribution in [-0.2, 0) is 34.5 Å². The van der Waals surface area contributed by atoms with E-state index in [1.165, 1.54) is 96.4 Å². The van der Waals surface area contributed by atoms with Gasteiger partial charge in [-0.25, -0.2) is 0 Å². The van der Waals surface area contributed by atoms with Crippen molar-refractivity contribution in [3.05, 3.63) is 130 Å². The first-order valence-corrected chi connectivity index (χ1v) is 18.4. The molecule has 0 radical (unpaired) electrons. The van der Waals surface area contributed by atoms with Crippen LogP contribution in [0.5, 0.6) is 0 Å². The van der Waals surface area contributed by atoms with Crippen LogP contribution in [0, 0.1) is 0 Å². The molecule has 0 bridgehead atoms. The summed E-state index contributed by atoms with van der Waals surface area (Å²) in [7, 11) is 0. The molecule has 0 N–H and O–H groups in total. The lowest BCUT2D eigenvalue weighted by atomic mass is 9.29. The molecule has 0 fully saturated rings. The van der Waals surface area contributed by atoms with E-state index in [0.29, 0.717) is 0 Å². The van der Waals surface area contributed by atoms with Crippen molar-refractivity contribution in [2.24, 2.45) is 0 Å². The Morgan fingerprint density at radius 3 is 1.80 bits per heavy atom. The Morgan fingerprint density at radius 2 is 1.18 bits per heavy atom. The molecule has 1 aliphatic carbocycles. The lowest BCUT2D eigenvalue weighted by Gasteiger charge is -2.46. The van der Waals surface area contributed by atoms with Gasteiger partial charge in [0, 0.05) is 22.5 Å². The average Bonchev–Trinajstić information content (AvgIpc) is 3.01. The second-order valence-corrected chi connectivity index (χ2v) is 18.7. The fourth-order valence-electron chi connectivity index (χ4n) is 8.75. The van der Waals surface area contributed by atoms with Gasteiger partial charge in [0.25, 0.3) is 0 Å². The van der Waals surface area contributed by atoms with E-state index in [-0.39, 0.29) is 28.4 Å². The number of nitrogens with zero attached hydrogens (tertiary/aromatic N) is 1. The Morgan fingerprint density at radius 1 is 0.571 bits per heavy atom. The van der Waals surface area contributed by atoms with Gasteiger partial charge < -0.3 is 4.90 Å². The van der Waals surface area contributed by atoms with Gasteiger partial charge in [-0.1, -0.05) is 148 Å². The van der Waals surface area contributed by atoms with Crippen LogP contribution < -0.4 is 21.3 Å². The number of aryl methyl sites for hydroxylation is 1. The largest absolute Gasteiger partial charge is 0.311 e. The second kappa shape index (κ2) is 10.5. The molecule has 0 atom stereocenters. The number of fused-ring (bicyclic) bond motifs is 5. The number of hydrogen-bond acceptors (Lipinski definition) is 1. The Labute approximate surface area is 295 Å². The quantitative estimate of drug-likeness (QED) is 0.170. The summed E-state index contributed by atoms with van der Waals surface area (Å²) in [5.74, 6) is 0. The maximum atomic E-state index is 2.59. The van der Waals surface area contributed by atoms with Crippen LogP contribution in [0.1, 0.15) is 115 Å². The van der Waals surface area contributed by atoms with Crippen molar-refractivity contribution in [2.45, 2.75) is 111 Å². The normalized spacial score (nSPS) is 16.0. The lowest BCUT2D eigenvalue weighted by molar-refractivity contribution is 0.588. The zero-order chi connectivity index (χ0) is 34.8. The molecular weight excluding hydrogens is 589 g/mol. The highest BCUT2D eigenvalue weighted by Gasteiger charge is 2.47. The van der Waals surface area contributed by atoms with Crippen molar-refractivity contribution in [2.75, 3.05) is 4.90 Å². The predicted octanol–water partition coefficient (Wildman–Crippen LogP) is 10.3. The van der Waals surface area contributed by atoms with E-state index < -0.39 is 0 Å².